The third kappa shape index (κ3) is 4.98. The maximum atomic E-state index is 11.9. The Bertz CT molecular complexity index is 524. The number of hydrogen-bond acceptors (Lipinski definition) is 4. The van der Waals surface area contributed by atoms with Crippen molar-refractivity contribution < 1.29 is 14.3 Å². The molecule has 1 aliphatic carbocycles. The first-order valence-electron chi connectivity index (χ1n) is 7.72. The van der Waals surface area contributed by atoms with E-state index in [1.807, 2.05) is 16.8 Å². The highest BCUT2D eigenvalue weighted by atomic mass is 32.1. The zero-order chi connectivity index (χ0) is 15.9. The molecule has 1 aromatic heterocycles. The summed E-state index contributed by atoms with van der Waals surface area (Å²) in [7, 11) is 0. The van der Waals surface area contributed by atoms with Gasteiger partial charge in [0.2, 0.25) is 0 Å². The Morgan fingerprint density at radius 2 is 2.23 bits per heavy atom. The minimum Gasteiger partial charge on any atom is -0.452 e. The van der Waals surface area contributed by atoms with Crippen LogP contribution in [0.2, 0.25) is 0 Å². The molecule has 3 atom stereocenters. The summed E-state index contributed by atoms with van der Waals surface area (Å²) in [5.74, 6) is 0.372. The highest BCUT2D eigenvalue weighted by Crippen LogP contribution is 2.29. The van der Waals surface area contributed by atoms with Crippen LogP contribution in [0.4, 0.5) is 0 Å². The fraction of sp³-hybridized carbons (Fsp3) is 0.529. The number of ether oxygens (including phenoxy) is 1. The van der Waals surface area contributed by atoms with Gasteiger partial charge in [0.1, 0.15) is 0 Å². The van der Waals surface area contributed by atoms with Gasteiger partial charge >= 0.3 is 5.97 Å². The maximum absolute atomic E-state index is 11.9. The predicted molar refractivity (Wildman–Crippen MR) is 88.4 cm³/mol. The van der Waals surface area contributed by atoms with Crippen LogP contribution in [0.25, 0.3) is 6.08 Å². The van der Waals surface area contributed by atoms with Gasteiger partial charge in [-0.05, 0) is 46.7 Å². The Labute approximate surface area is 135 Å². The highest BCUT2D eigenvalue weighted by molar-refractivity contribution is 7.08. The number of nitrogens with one attached hydrogen (secondary N) is 1. The SMILES string of the molecule is C[C@H]1[C@@H](NC(=O)COC(=O)/C=C/c2ccsc2)CCC[C@@H]1C. The van der Waals surface area contributed by atoms with E-state index in [1.165, 1.54) is 12.5 Å². The third-order valence-corrected chi connectivity index (χ3v) is 5.06. The Morgan fingerprint density at radius 3 is 2.95 bits per heavy atom. The summed E-state index contributed by atoms with van der Waals surface area (Å²) < 4.78 is 4.97. The normalized spacial score (nSPS) is 25.1. The van der Waals surface area contributed by atoms with Gasteiger partial charge in [0.15, 0.2) is 6.61 Å². The van der Waals surface area contributed by atoms with Gasteiger partial charge in [-0.2, -0.15) is 11.3 Å². The quantitative estimate of drug-likeness (QED) is 0.669. The van der Waals surface area contributed by atoms with E-state index >= 15 is 0 Å². The van der Waals surface area contributed by atoms with Crippen LogP contribution in [-0.4, -0.2) is 24.5 Å². The van der Waals surface area contributed by atoms with E-state index in [0.29, 0.717) is 11.8 Å². The molecule has 1 fully saturated rings. The van der Waals surface area contributed by atoms with Gasteiger partial charge in [0.05, 0.1) is 0 Å². The second kappa shape index (κ2) is 8.13. The molecule has 0 bridgehead atoms. The molecular formula is C17H23NO3S. The summed E-state index contributed by atoms with van der Waals surface area (Å²) in [5.41, 5.74) is 0.955. The van der Waals surface area contributed by atoms with Crippen molar-refractivity contribution >= 4 is 29.3 Å². The molecule has 4 nitrogen and oxygen atoms in total. The van der Waals surface area contributed by atoms with E-state index in [4.69, 9.17) is 4.74 Å². The standard InChI is InChI=1S/C17H23NO3S/c1-12-4-3-5-15(13(12)2)18-16(19)10-21-17(20)7-6-14-8-9-22-11-14/h6-9,11-13,15H,3-5,10H2,1-2H3,(H,18,19)/b7-6+/t12-,13+,15-/m0/s1. The third-order valence-electron chi connectivity index (χ3n) is 4.35. The van der Waals surface area contributed by atoms with Gasteiger partial charge in [-0.3, -0.25) is 4.79 Å². The molecule has 5 heteroatoms. The lowest BCUT2D eigenvalue weighted by Crippen LogP contribution is -2.45. The topological polar surface area (TPSA) is 55.4 Å². The molecule has 2 rings (SSSR count). The maximum Gasteiger partial charge on any atom is 0.331 e. The minimum atomic E-state index is -0.494. The van der Waals surface area contributed by atoms with Crippen LogP contribution in [0.5, 0.6) is 0 Å². The van der Waals surface area contributed by atoms with Crippen molar-refractivity contribution in [2.24, 2.45) is 11.8 Å². The molecule has 1 amide bonds. The van der Waals surface area contributed by atoms with E-state index in [2.05, 4.69) is 19.2 Å². The Kier molecular flexibility index (Phi) is 6.19. The Morgan fingerprint density at radius 1 is 1.41 bits per heavy atom. The second-order valence-corrected chi connectivity index (χ2v) is 6.72. The number of carbonyl (C=O) groups is 2. The van der Waals surface area contributed by atoms with Gasteiger partial charge in [0.25, 0.3) is 5.91 Å². The van der Waals surface area contributed by atoms with E-state index in [9.17, 15) is 9.59 Å². The zero-order valence-electron chi connectivity index (χ0n) is 13.1. The van der Waals surface area contributed by atoms with E-state index in [0.717, 1.165) is 18.4 Å². The average Bonchev–Trinajstić information content (AvgIpc) is 3.01. The van der Waals surface area contributed by atoms with Gasteiger partial charge in [0, 0.05) is 12.1 Å². The second-order valence-electron chi connectivity index (χ2n) is 5.94. The first-order chi connectivity index (χ1) is 10.6. The van der Waals surface area contributed by atoms with Crippen LogP contribution >= 0.6 is 11.3 Å². The summed E-state index contributed by atoms with van der Waals surface area (Å²) in [6.45, 7) is 4.17. The fourth-order valence-corrected chi connectivity index (χ4v) is 3.38. The van der Waals surface area contributed by atoms with Crippen molar-refractivity contribution in [3.63, 3.8) is 0 Å². The molecule has 1 saturated carbocycles. The van der Waals surface area contributed by atoms with Crippen LogP contribution in [-0.2, 0) is 14.3 Å². The van der Waals surface area contributed by atoms with Crippen molar-refractivity contribution in [1.29, 1.82) is 0 Å². The number of amides is 1. The lowest BCUT2D eigenvalue weighted by atomic mass is 9.78. The van der Waals surface area contributed by atoms with Gasteiger partial charge in [-0.15, -0.1) is 0 Å². The molecule has 0 radical (unpaired) electrons. The van der Waals surface area contributed by atoms with Gasteiger partial charge in [-0.25, -0.2) is 4.79 Å². The molecule has 0 saturated heterocycles. The predicted octanol–water partition coefficient (Wildman–Crippen LogP) is 3.25. The summed E-state index contributed by atoms with van der Waals surface area (Å²) in [4.78, 5) is 23.5. The van der Waals surface area contributed by atoms with Crippen molar-refractivity contribution in [1.82, 2.24) is 5.32 Å². The van der Waals surface area contributed by atoms with Crippen LogP contribution in [0, 0.1) is 11.8 Å². The first-order valence-corrected chi connectivity index (χ1v) is 8.67. The molecule has 0 aliphatic heterocycles. The van der Waals surface area contributed by atoms with Crippen LogP contribution in [0.15, 0.2) is 22.9 Å². The minimum absolute atomic E-state index is 0.191. The number of thiophene rings is 1. The van der Waals surface area contributed by atoms with E-state index < -0.39 is 5.97 Å². The smallest absolute Gasteiger partial charge is 0.331 e. The number of esters is 1. The molecule has 120 valence electrons. The number of hydrogen-bond donors (Lipinski definition) is 1. The van der Waals surface area contributed by atoms with Gasteiger partial charge in [-0.1, -0.05) is 26.7 Å². The number of rotatable bonds is 5. The lowest BCUT2D eigenvalue weighted by molar-refractivity contribution is -0.144. The molecule has 1 N–H and O–H groups in total. The molecule has 1 aliphatic rings. The van der Waals surface area contributed by atoms with Crippen molar-refractivity contribution in [3.05, 3.63) is 28.5 Å². The molecule has 22 heavy (non-hydrogen) atoms. The molecule has 1 heterocycles. The Balaban J connectivity index is 1.72. The molecule has 1 aromatic rings. The van der Waals surface area contributed by atoms with E-state index in [-0.39, 0.29) is 18.6 Å². The molecule has 0 aromatic carbocycles. The van der Waals surface area contributed by atoms with Crippen molar-refractivity contribution in [2.75, 3.05) is 6.61 Å². The first kappa shape index (κ1) is 16.7. The largest absolute Gasteiger partial charge is 0.452 e. The monoisotopic (exact) mass is 321 g/mol. The average molecular weight is 321 g/mol. The molecular weight excluding hydrogens is 298 g/mol. The van der Waals surface area contributed by atoms with Crippen LogP contribution < -0.4 is 5.32 Å². The summed E-state index contributed by atoms with van der Waals surface area (Å²) in [6.07, 6.45) is 6.39. The Hall–Kier alpha value is -1.62. The fourth-order valence-electron chi connectivity index (χ4n) is 2.75. The van der Waals surface area contributed by atoms with Crippen molar-refractivity contribution in [3.8, 4) is 0 Å². The lowest BCUT2D eigenvalue weighted by Gasteiger charge is -2.34. The van der Waals surface area contributed by atoms with E-state index in [1.54, 1.807) is 17.4 Å². The highest BCUT2D eigenvalue weighted by Gasteiger charge is 2.28. The molecule has 0 unspecified atom stereocenters. The zero-order valence-corrected chi connectivity index (χ0v) is 13.9. The van der Waals surface area contributed by atoms with Crippen LogP contribution in [0.3, 0.4) is 0 Å². The summed E-state index contributed by atoms with van der Waals surface area (Å²) in [6, 6.07) is 2.10. The van der Waals surface area contributed by atoms with Crippen LogP contribution in [0.1, 0.15) is 38.7 Å². The molecule has 0 spiro atoms. The van der Waals surface area contributed by atoms with Gasteiger partial charge < -0.3 is 10.1 Å². The number of carbonyl (C=O) groups excluding carboxylic acids is 2. The van der Waals surface area contributed by atoms with Crippen molar-refractivity contribution in [2.45, 2.75) is 39.2 Å². The summed E-state index contributed by atoms with van der Waals surface area (Å²) in [5, 5.41) is 6.85. The summed E-state index contributed by atoms with van der Waals surface area (Å²) >= 11 is 1.56.